The minimum atomic E-state index is -0.474. The molecular weight excluding hydrogens is 420 g/mol. The molecule has 0 aliphatic carbocycles. The minimum Gasteiger partial charge on any atom is -0.366 e. The van der Waals surface area contributed by atoms with Gasteiger partial charge in [-0.15, -0.1) is 0 Å². The lowest BCUT2D eigenvalue weighted by molar-refractivity contribution is 0.100. The molecule has 0 aliphatic rings. The van der Waals surface area contributed by atoms with Crippen molar-refractivity contribution in [2.45, 2.75) is 27.3 Å². The van der Waals surface area contributed by atoms with Crippen molar-refractivity contribution in [2.75, 3.05) is 5.32 Å². The summed E-state index contributed by atoms with van der Waals surface area (Å²) >= 11 is 6.29. The number of allylic oxidation sites excluding steroid dienone is 2. The molecule has 0 unspecified atom stereocenters. The van der Waals surface area contributed by atoms with Crippen LogP contribution in [-0.4, -0.2) is 15.5 Å². The van der Waals surface area contributed by atoms with Gasteiger partial charge in [0.1, 0.15) is 0 Å². The first-order chi connectivity index (χ1) is 15.4. The fourth-order valence-electron chi connectivity index (χ4n) is 3.75. The quantitative estimate of drug-likeness (QED) is 0.369. The summed E-state index contributed by atoms with van der Waals surface area (Å²) in [5.41, 5.74) is 13.0. The number of nitrogens with two attached hydrogens (primary N) is 1. The van der Waals surface area contributed by atoms with Gasteiger partial charge in [-0.25, -0.2) is 4.98 Å². The van der Waals surface area contributed by atoms with Gasteiger partial charge in [0.05, 0.1) is 17.6 Å². The molecule has 0 atom stereocenters. The molecule has 0 spiro atoms. The average Bonchev–Trinajstić information content (AvgIpc) is 3.11. The number of nitrogens with one attached hydrogen (secondary N) is 1. The van der Waals surface area contributed by atoms with Gasteiger partial charge in [-0.05, 0) is 79.9 Å². The predicted octanol–water partition coefficient (Wildman–Crippen LogP) is 6.25. The van der Waals surface area contributed by atoms with Crippen LogP contribution in [0.25, 0.3) is 16.6 Å². The number of nitrogens with zero attached hydrogens (tertiary/aromatic N) is 2. The predicted molar refractivity (Wildman–Crippen MR) is 133 cm³/mol. The Bertz CT molecular complexity index is 1340. The van der Waals surface area contributed by atoms with Crippen LogP contribution >= 0.6 is 11.6 Å². The number of fused-ring (bicyclic) bond motifs is 1. The lowest BCUT2D eigenvalue weighted by Crippen LogP contribution is -2.10. The average molecular weight is 445 g/mol. The molecule has 1 heterocycles. The Labute approximate surface area is 192 Å². The Hall–Kier alpha value is -3.57. The zero-order valence-electron chi connectivity index (χ0n) is 18.3. The van der Waals surface area contributed by atoms with Crippen molar-refractivity contribution >= 4 is 45.8 Å². The smallest absolute Gasteiger partial charge is 0.248 e. The molecule has 3 N–H and O–H groups in total. The highest BCUT2D eigenvalue weighted by atomic mass is 35.5. The topological polar surface area (TPSA) is 72.9 Å². The number of rotatable bonds is 6. The van der Waals surface area contributed by atoms with Gasteiger partial charge < -0.3 is 15.6 Å². The molecular formula is C26H25ClN4O. The van der Waals surface area contributed by atoms with Crippen LogP contribution in [0.15, 0.2) is 66.7 Å². The molecule has 0 radical (unpaired) electrons. The molecule has 3 aromatic carbocycles. The highest BCUT2D eigenvalue weighted by Gasteiger charge is 2.16. The molecule has 1 amide bonds. The van der Waals surface area contributed by atoms with E-state index < -0.39 is 5.91 Å². The number of aryl methyl sites for hydroxylation is 2. The van der Waals surface area contributed by atoms with Crippen LogP contribution in [0.5, 0.6) is 0 Å². The highest BCUT2D eigenvalue weighted by molar-refractivity contribution is 6.30. The Balaban J connectivity index is 1.82. The number of anilines is 2. The van der Waals surface area contributed by atoms with E-state index in [1.807, 2.05) is 55.5 Å². The normalized spacial score (nSPS) is 11.7. The first-order valence-corrected chi connectivity index (χ1v) is 10.8. The summed E-state index contributed by atoms with van der Waals surface area (Å²) < 4.78 is 2.11. The Morgan fingerprint density at radius 1 is 1.09 bits per heavy atom. The van der Waals surface area contributed by atoms with Crippen molar-refractivity contribution in [1.29, 1.82) is 0 Å². The van der Waals surface area contributed by atoms with Crippen molar-refractivity contribution in [3.05, 3.63) is 94.0 Å². The van der Waals surface area contributed by atoms with Gasteiger partial charge in [0.15, 0.2) is 0 Å². The number of hydrogen-bond donors (Lipinski definition) is 2. The summed E-state index contributed by atoms with van der Waals surface area (Å²) in [6.07, 6.45) is 2.10. The fraction of sp³-hybridized carbons (Fsp3) is 0.154. The van der Waals surface area contributed by atoms with E-state index in [0.717, 1.165) is 27.9 Å². The maximum atomic E-state index is 11.7. The molecule has 0 fully saturated rings. The number of carbonyl (C=O) groups excluding carboxylic acids is 1. The standard InChI is InChI=1S/C26H25ClN4O/c1-4-18(22-14-20(27)9-7-17(22)3)15-31-24-12-8-19(25(28)32)13-23(24)30-26(31)29-21-10-5-16(2)6-11-21/h4-14H,15H2,1-3H3,(H2,28,32)(H,29,30)/b18-4-. The van der Waals surface area contributed by atoms with E-state index >= 15 is 0 Å². The summed E-state index contributed by atoms with van der Waals surface area (Å²) in [4.78, 5) is 16.5. The molecule has 0 saturated carbocycles. The van der Waals surface area contributed by atoms with Crippen LogP contribution in [0, 0.1) is 13.8 Å². The van der Waals surface area contributed by atoms with Crippen LogP contribution in [0.1, 0.15) is 34.0 Å². The van der Waals surface area contributed by atoms with E-state index in [-0.39, 0.29) is 0 Å². The van der Waals surface area contributed by atoms with Crippen LogP contribution in [-0.2, 0) is 6.54 Å². The van der Waals surface area contributed by atoms with E-state index in [2.05, 4.69) is 29.8 Å². The second kappa shape index (κ2) is 8.89. The van der Waals surface area contributed by atoms with Gasteiger partial charge in [0.2, 0.25) is 11.9 Å². The first-order valence-electron chi connectivity index (χ1n) is 10.4. The zero-order valence-corrected chi connectivity index (χ0v) is 19.1. The number of hydrogen-bond acceptors (Lipinski definition) is 3. The molecule has 4 rings (SSSR count). The molecule has 0 bridgehead atoms. The lowest BCUT2D eigenvalue weighted by Gasteiger charge is -2.16. The van der Waals surface area contributed by atoms with Crippen LogP contribution in [0.2, 0.25) is 5.02 Å². The van der Waals surface area contributed by atoms with Gasteiger partial charge in [-0.2, -0.15) is 0 Å². The summed E-state index contributed by atoms with van der Waals surface area (Å²) in [5, 5.41) is 4.13. The Morgan fingerprint density at radius 3 is 2.53 bits per heavy atom. The second-order valence-corrected chi connectivity index (χ2v) is 8.29. The van der Waals surface area contributed by atoms with Gasteiger partial charge >= 0.3 is 0 Å². The maximum Gasteiger partial charge on any atom is 0.248 e. The molecule has 4 aromatic rings. The van der Waals surface area contributed by atoms with Gasteiger partial charge in [0.25, 0.3) is 0 Å². The van der Waals surface area contributed by atoms with Crippen molar-refractivity contribution < 1.29 is 4.79 Å². The van der Waals surface area contributed by atoms with Gasteiger partial charge in [0, 0.05) is 16.3 Å². The number of carbonyl (C=O) groups is 1. The number of halogens is 1. The first kappa shape index (κ1) is 21.7. The monoisotopic (exact) mass is 444 g/mol. The Morgan fingerprint density at radius 2 is 1.84 bits per heavy atom. The molecule has 5 nitrogen and oxygen atoms in total. The van der Waals surface area contributed by atoms with E-state index in [1.54, 1.807) is 12.1 Å². The van der Waals surface area contributed by atoms with Crippen LogP contribution in [0.3, 0.4) is 0 Å². The number of benzene rings is 3. The van der Waals surface area contributed by atoms with E-state index in [1.165, 1.54) is 5.56 Å². The minimum absolute atomic E-state index is 0.431. The van der Waals surface area contributed by atoms with E-state index in [4.69, 9.17) is 22.3 Å². The van der Waals surface area contributed by atoms with Gasteiger partial charge in [-0.3, -0.25) is 4.79 Å². The Kier molecular flexibility index (Phi) is 6.01. The molecule has 0 saturated heterocycles. The van der Waals surface area contributed by atoms with Gasteiger partial charge in [-0.1, -0.05) is 41.4 Å². The number of amides is 1. The third-order valence-electron chi connectivity index (χ3n) is 5.56. The van der Waals surface area contributed by atoms with Crippen molar-refractivity contribution in [2.24, 2.45) is 5.73 Å². The summed E-state index contributed by atoms with van der Waals surface area (Å²) in [5.74, 6) is 0.211. The number of imidazole rings is 1. The molecule has 162 valence electrons. The molecule has 6 heteroatoms. The van der Waals surface area contributed by atoms with Crippen molar-refractivity contribution in [1.82, 2.24) is 9.55 Å². The van der Waals surface area contributed by atoms with Crippen LogP contribution < -0.4 is 11.1 Å². The lowest BCUT2D eigenvalue weighted by atomic mass is 10.00. The highest BCUT2D eigenvalue weighted by Crippen LogP contribution is 2.30. The second-order valence-electron chi connectivity index (χ2n) is 7.85. The van der Waals surface area contributed by atoms with Crippen molar-refractivity contribution in [3.8, 4) is 0 Å². The fourth-order valence-corrected chi connectivity index (χ4v) is 3.92. The number of aromatic nitrogens is 2. The molecule has 0 aliphatic heterocycles. The van der Waals surface area contributed by atoms with E-state index in [9.17, 15) is 4.79 Å². The largest absolute Gasteiger partial charge is 0.366 e. The number of primary amides is 1. The molecule has 1 aromatic heterocycles. The SMILES string of the molecule is C/C=C(/Cn1c(Nc2ccc(C)cc2)nc2cc(C(N)=O)ccc21)c1cc(Cl)ccc1C. The van der Waals surface area contributed by atoms with Crippen LogP contribution in [0.4, 0.5) is 11.6 Å². The third kappa shape index (κ3) is 4.39. The third-order valence-corrected chi connectivity index (χ3v) is 5.80. The summed E-state index contributed by atoms with van der Waals surface area (Å²) in [6.45, 7) is 6.73. The summed E-state index contributed by atoms with van der Waals surface area (Å²) in [6, 6.07) is 19.4. The molecule has 32 heavy (non-hydrogen) atoms. The maximum absolute atomic E-state index is 11.7. The zero-order chi connectivity index (χ0) is 22.8. The van der Waals surface area contributed by atoms with E-state index in [0.29, 0.717) is 28.6 Å². The summed E-state index contributed by atoms with van der Waals surface area (Å²) in [7, 11) is 0. The van der Waals surface area contributed by atoms with Crippen molar-refractivity contribution in [3.63, 3.8) is 0 Å².